The predicted octanol–water partition coefficient (Wildman–Crippen LogP) is 6.44. The number of likely N-dealkylation sites (tertiary alicyclic amines) is 1. The zero-order chi connectivity index (χ0) is 18.7. The Hall–Kier alpha value is -2.38. The first kappa shape index (κ1) is 18.0. The summed E-state index contributed by atoms with van der Waals surface area (Å²) in [7, 11) is 0. The van der Waals surface area contributed by atoms with E-state index in [2.05, 4.69) is 110 Å². The lowest BCUT2D eigenvalue weighted by Gasteiger charge is -2.49. The van der Waals surface area contributed by atoms with Crippen LogP contribution in [0, 0.1) is 5.41 Å². The van der Waals surface area contributed by atoms with Crippen LogP contribution in [-0.2, 0) is 6.54 Å². The quantitative estimate of drug-likeness (QED) is 0.520. The molecule has 0 spiro atoms. The molecule has 1 saturated heterocycles. The Labute approximate surface area is 163 Å². The molecular weight excluding hydrogens is 326 g/mol. The summed E-state index contributed by atoms with van der Waals surface area (Å²) in [6.45, 7) is 6.95. The van der Waals surface area contributed by atoms with Crippen molar-refractivity contribution in [3.05, 3.63) is 108 Å². The second-order valence-corrected chi connectivity index (χ2v) is 8.63. The molecular formula is C26H29N. The normalized spacial score (nSPS) is 22.4. The van der Waals surface area contributed by atoms with Crippen molar-refractivity contribution in [3.63, 3.8) is 0 Å². The van der Waals surface area contributed by atoms with Gasteiger partial charge in [0.2, 0.25) is 0 Å². The minimum absolute atomic E-state index is 0.292. The van der Waals surface area contributed by atoms with Gasteiger partial charge in [0, 0.05) is 25.0 Å². The van der Waals surface area contributed by atoms with Gasteiger partial charge in [0.05, 0.1) is 0 Å². The summed E-state index contributed by atoms with van der Waals surface area (Å²) in [4.78, 5) is 2.70. The fraction of sp³-hybridized carbons (Fsp3) is 0.308. The summed E-state index contributed by atoms with van der Waals surface area (Å²) in [5, 5.41) is 0. The predicted molar refractivity (Wildman–Crippen MR) is 114 cm³/mol. The number of rotatable bonds is 4. The molecule has 1 aliphatic heterocycles. The first-order valence-electron chi connectivity index (χ1n) is 10.0. The molecule has 1 heterocycles. The highest BCUT2D eigenvalue weighted by atomic mass is 15.2. The molecule has 0 saturated carbocycles. The molecule has 27 heavy (non-hydrogen) atoms. The Morgan fingerprint density at radius 3 is 1.85 bits per heavy atom. The van der Waals surface area contributed by atoms with Crippen molar-refractivity contribution in [1.29, 1.82) is 0 Å². The van der Waals surface area contributed by atoms with Crippen molar-refractivity contribution in [3.8, 4) is 0 Å². The molecule has 3 aromatic carbocycles. The van der Waals surface area contributed by atoms with Crippen molar-refractivity contribution >= 4 is 0 Å². The van der Waals surface area contributed by atoms with Crippen LogP contribution < -0.4 is 0 Å². The van der Waals surface area contributed by atoms with E-state index in [4.69, 9.17) is 0 Å². The number of nitrogens with zero attached hydrogens (tertiary/aromatic N) is 1. The van der Waals surface area contributed by atoms with Gasteiger partial charge < -0.3 is 0 Å². The highest BCUT2D eigenvalue weighted by Crippen LogP contribution is 2.48. The minimum atomic E-state index is 0.292. The van der Waals surface area contributed by atoms with Crippen LogP contribution in [0.25, 0.3) is 0 Å². The van der Waals surface area contributed by atoms with Crippen LogP contribution in [0.5, 0.6) is 0 Å². The average Bonchev–Trinajstić information content (AvgIpc) is 2.69. The van der Waals surface area contributed by atoms with Crippen molar-refractivity contribution in [2.45, 2.75) is 38.8 Å². The van der Waals surface area contributed by atoms with Crippen LogP contribution in [0.3, 0.4) is 0 Å². The van der Waals surface area contributed by atoms with E-state index in [1.807, 2.05) is 0 Å². The van der Waals surface area contributed by atoms with Crippen LogP contribution >= 0.6 is 0 Å². The second-order valence-electron chi connectivity index (χ2n) is 8.63. The lowest BCUT2D eigenvalue weighted by atomic mass is 9.70. The van der Waals surface area contributed by atoms with E-state index in [0.717, 1.165) is 13.1 Å². The van der Waals surface area contributed by atoms with Gasteiger partial charge in [-0.2, -0.15) is 0 Å². The Bertz CT molecular complexity index is 839. The molecule has 0 aromatic heterocycles. The molecule has 1 heteroatoms. The molecule has 0 aliphatic carbocycles. The molecule has 4 rings (SSSR count). The summed E-state index contributed by atoms with van der Waals surface area (Å²) in [6.07, 6.45) is 1.21. The Morgan fingerprint density at radius 2 is 1.26 bits per heavy atom. The molecule has 1 aliphatic rings. The Morgan fingerprint density at radius 1 is 0.741 bits per heavy atom. The van der Waals surface area contributed by atoms with Crippen molar-refractivity contribution in [1.82, 2.24) is 4.90 Å². The van der Waals surface area contributed by atoms with Crippen molar-refractivity contribution in [2.24, 2.45) is 5.41 Å². The van der Waals surface area contributed by atoms with Crippen LogP contribution in [0.4, 0.5) is 0 Å². The van der Waals surface area contributed by atoms with Crippen LogP contribution in [0.15, 0.2) is 91.0 Å². The molecule has 0 N–H and O–H groups in total. The van der Waals surface area contributed by atoms with Gasteiger partial charge in [-0.3, -0.25) is 4.90 Å². The highest BCUT2D eigenvalue weighted by Gasteiger charge is 2.41. The fourth-order valence-corrected chi connectivity index (χ4v) is 4.74. The lowest BCUT2D eigenvalue weighted by molar-refractivity contribution is 0.0371. The van der Waals surface area contributed by atoms with E-state index in [9.17, 15) is 0 Å². The third-order valence-corrected chi connectivity index (χ3v) is 5.78. The van der Waals surface area contributed by atoms with Gasteiger partial charge in [-0.15, -0.1) is 0 Å². The molecule has 0 radical (unpaired) electrons. The molecule has 138 valence electrons. The minimum Gasteiger partial charge on any atom is -0.291 e. The summed E-state index contributed by atoms with van der Waals surface area (Å²) >= 11 is 0. The van der Waals surface area contributed by atoms with Crippen LogP contribution in [0.2, 0.25) is 0 Å². The number of benzene rings is 3. The summed E-state index contributed by atoms with van der Waals surface area (Å²) in [6, 6.07) is 33.5. The van der Waals surface area contributed by atoms with E-state index in [-0.39, 0.29) is 0 Å². The Kier molecular flexibility index (Phi) is 5.13. The summed E-state index contributed by atoms with van der Waals surface area (Å²) in [5.74, 6) is 0.501. The fourth-order valence-electron chi connectivity index (χ4n) is 4.74. The van der Waals surface area contributed by atoms with Crippen molar-refractivity contribution < 1.29 is 0 Å². The number of hydrogen-bond donors (Lipinski definition) is 0. The van der Waals surface area contributed by atoms with Crippen LogP contribution in [-0.4, -0.2) is 11.4 Å². The largest absolute Gasteiger partial charge is 0.291 e. The van der Waals surface area contributed by atoms with Crippen LogP contribution in [0.1, 0.15) is 48.9 Å². The highest BCUT2D eigenvalue weighted by molar-refractivity contribution is 5.30. The summed E-state index contributed by atoms with van der Waals surface area (Å²) in [5.41, 5.74) is 4.57. The molecule has 1 nitrogen and oxygen atoms in total. The van der Waals surface area contributed by atoms with E-state index >= 15 is 0 Å². The topological polar surface area (TPSA) is 3.24 Å². The third-order valence-electron chi connectivity index (χ3n) is 5.78. The van der Waals surface area contributed by atoms with Gasteiger partial charge in [0.1, 0.15) is 0 Å². The zero-order valence-corrected chi connectivity index (χ0v) is 16.4. The smallest absolute Gasteiger partial charge is 0.0420 e. The molecule has 0 unspecified atom stereocenters. The standard InChI is InChI=1S/C26H29N/c1-26(2)18-24(22-14-8-4-9-15-22)25(23-16-10-5-11-17-23)27(20-26)19-21-12-6-3-7-13-21/h3-17,24-25H,18-20H2,1-2H3/t24-,25-/m0/s1. The van der Waals surface area contributed by atoms with Gasteiger partial charge in [0.15, 0.2) is 0 Å². The monoisotopic (exact) mass is 355 g/mol. The average molecular weight is 356 g/mol. The number of piperidine rings is 1. The lowest BCUT2D eigenvalue weighted by Crippen LogP contribution is -2.45. The number of hydrogen-bond acceptors (Lipinski definition) is 1. The van der Waals surface area contributed by atoms with E-state index in [1.54, 1.807) is 0 Å². The molecule has 1 fully saturated rings. The van der Waals surface area contributed by atoms with Gasteiger partial charge in [0.25, 0.3) is 0 Å². The SMILES string of the molecule is CC1(C)C[C@@H](c2ccccc2)[C@H](c2ccccc2)N(Cc2ccccc2)C1. The maximum absolute atomic E-state index is 2.70. The first-order chi connectivity index (χ1) is 13.1. The molecule has 2 atom stereocenters. The van der Waals surface area contributed by atoms with Gasteiger partial charge >= 0.3 is 0 Å². The Balaban J connectivity index is 1.76. The maximum Gasteiger partial charge on any atom is 0.0420 e. The zero-order valence-electron chi connectivity index (χ0n) is 16.4. The third kappa shape index (κ3) is 4.14. The van der Waals surface area contributed by atoms with Gasteiger partial charge in [-0.05, 0) is 28.5 Å². The first-order valence-corrected chi connectivity index (χ1v) is 10.0. The van der Waals surface area contributed by atoms with E-state index in [1.165, 1.54) is 23.1 Å². The van der Waals surface area contributed by atoms with Crippen molar-refractivity contribution in [2.75, 3.05) is 6.54 Å². The van der Waals surface area contributed by atoms with E-state index in [0.29, 0.717) is 17.4 Å². The molecule has 0 amide bonds. The maximum atomic E-state index is 2.70. The van der Waals surface area contributed by atoms with Gasteiger partial charge in [-0.25, -0.2) is 0 Å². The summed E-state index contributed by atoms with van der Waals surface area (Å²) < 4.78 is 0. The second kappa shape index (κ2) is 7.70. The molecule has 3 aromatic rings. The molecule has 0 bridgehead atoms. The van der Waals surface area contributed by atoms with Gasteiger partial charge in [-0.1, -0.05) is 105 Å². The van der Waals surface area contributed by atoms with E-state index < -0.39 is 0 Å².